The van der Waals surface area contributed by atoms with E-state index in [4.69, 9.17) is 5.26 Å². The Morgan fingerprint density at radius 1 is 1.18 bits per heavy atom. The monoisotopic (exact) mass is 453 g/mol. The highest BCUT2D eigenvalue weighted by Crippen LogP contribution is 2.67. The topological polar surface area (TPSA) is 61.8 Å². The zero-order chi connectivity index (χ0) is 23.6. The Balaban J connectivity index is 1.51. The van der Waals surface area contributed by atoms with Crippen LogP contribution in [0.3, 0.4) is 0 Å². The third-order valence-electron chi connectivity index (χ3n) is 10.8. The predicted octanol–water partition coefficient (Wildman–Crippen LogP) is 6.83. The van der Waals surface area contributed by atoms with Crippen LogP contribution in [0.5, 0.6) is 0 Å². The molecule has 4 rings (SSSR count). The largest absolute Gasteiger partial charge is 0.396 e. The zero-order valence-corrected chi connectivity index (χ0v) is 21.6. The van der Waals surface area contributed by atoms with E-state index in [2.05, 4.69) is 38.9 Å². The van der Waals surface area contributed by atoms with E-state index >= 15 is 0 Å². The van der Waals surface area contributed by atoms with Crippen molar-refractivity contribution in [3.05, 3.63) is 18.0 Å². The fourth-order valence-electron chi connectivity index (χ4n) is 9.23. The molecule has 3 aliphatic rings. The Morgan fingerprint density at radius 2 is 2.00 bits per heavy atom. The molecule has 0 aliphatic heterocycles. The van der Waals surface area contributed by atoms with Crippen LogP contribution in [0.4, 0.5) is 0 Å². The van der Waals surface area contributed by atoms with E-state index < -0.39 is 0 Å². The van der Waals surface area contributed by atoms with Gasteiger partial charge in [-0.25, -0.2) is 0 Å². The second-order valence-corrected chi connectivity index (χ2v) is 12.4. The van der Waals surface area contributed by atoms with E-state index in [0.29, 0.717) is 28.9 Å². The van der Waals surface area contributed by atoms with Gasteiger partial charge in [-0.1, -0.05) is 40.5 Å². The molecule has 4 heteroatoms. The molecular weight excluding hydrogens is 406 g/mol. The van der Waals surface area contributed by atoms with E-state index in [1.807, 2.05) is 10.9 Å². The number of aromatic nitrogens is 2. The third-order valence-corrected chi connectivity index (χ3v) is 10.8. The first-order valence-electron chi connectivity index (χ1n) is 13.9. The van der Waals surface area contributed by atoms with Crippen LogP contribution in [0.15, 0.2) is 12.4 Å². The van der Waals surface area contributed by atoms with Crippen molar-refractivity contribution >= 4 is 0 Å². The molecule has 33 heavy (non-hydrogen) atoms. The van der Waals surface area contributed by atoms with E-state index in [1.165, 1.54) is 64.2 Å². The van der Waals surface area contributed by atoms with Gasteiger partial charge in [0.2, 0.25) is 0 Å². The summed E-state index contributed by atoms with van der Waals surface area (Å²) in [6.07, 6.45) is 18.2. The highest BCUT2D eigenvalue weighted by molar-refractivity contribution is 5.21. The molecule has 0 saturated heterocycles. The minimum atomic E-state index is 0.342. The number of nitrogens with zero attached hydrogens (tertiary/aromatic N) is 3. The normalized spacial score (nSPS) is 39.0. The van der Waals surface area contributed by atoms with Gasteiger partial charge in [-0.05, 0) is 104 Å². The van der Waals surface area contributed by atoms with Crippen molar-refractivity contribution in [2.24, 2.45) is 46.3 Å². The number of hydrogen-bond donors (Lipinski definition) is 1. The minimum absolute atomic E-state index is 0.342. The second-order valence-electron chi connectivity index (χ2n) is 12.4. The summed E-state index contributed by atoms with van der Waals surface area (Å²) < 4.78 is 2.00. The molecule has 0 spiro atoms. The van der Waals surface area contributed by atoms with Crippen molar-refractivity contribution in [3.8, 4) is 6.07 Å². The first-order valence-corrected chi connectivity index (χ1v) is 13.9. The Bertz CT molecular complexity index is 827. The summed E-state index contributed by atoms with van der Waals surface area (Å²) in [6.45, 7) is 11.3. The fourth-order valence-corrected chi connectivity index (χ4v) is 9.23. The van der Waals surface area contributed by atoms with Gasteiger partial charge >= 0.3 is 0 Å². The van der Waals surface area contributed by atoms with E-state index in [0.717, 1.165) is 42.6 Å². The van der Waals surface area contributed by atoms with Gasteiger partial charge in [0.25, 0.3) is 0 Å². The molecule has 0 amide bonds. The number of hydrogen-bond acceptors (Lipinski definition) is 3. The Morgan fingerprint density at radius 3 is 2.70 bits per heavy atom. The summed E-state index contributed by atoms with van der Waals surface area (Å²) in [5.74, 6) is 4.76. The van der Waals surface area contributed by atoms with Gasteiger partial charge in [0.05, 0.1) is 11.8 Å². The van der Waals surface area contributed by atoms with Gasteiger partial charge in [-0.3, -0.25) is 4.68 Å². The molecule has 0 radical (unpaired) electrons. The zero-order valence-electron chi connectivity index (χ0n) is 21.6. The van der Waals surface area contributed by atoms with Crippen LogP contribution in [0.2, 0.25) is 0 Å². The minimum Gasteiger partial charge on any atom is -0.396 e. The average Bonchev–Trinajstić information content (AvgIpc) is 3.40. The number of unbranched alkanes of at least 4 members (excludes halogenated alkanes) is 1. The van der Waals surface area contributed by atoms with Crippen molar-refractivity contribution in [2.75, 3.05) is 6.61 Å². The number of fused-ring (bicyclic) bond motifs is 3. The highest BCUT2D eigenvalue weighted by atomic mass is 16.2. The van der Waals surface area contributed by atoms with E-state index in [9.17, 15) is 5.11 Å². The van der Waals surface area contributed by atoms with Crippen molar-refractivity contribution in [3.63, 3.8) is 0 Å². The van der Waals surface area contributed by atoms with Crippen LogP contribution in [0.1, 0.15) is 104 Å². The van der Waals surface area contributed by atoms with Gasteiger partial charge < -0.3 is 5.11 Å². The molecule has 4 nitrogen and oxygen atoms in total. The summed E-state index contributed by atoms with van der Waals surface area (Å²) in [5.41, 5.74) is 1.52. The summed E-state index contributed by atoms with van der Waals surface area (Å²) in [7, 11) is 0. The molecule has 0 aromatic carbocycles. The molecule has 8 atom stereocenters. The van der Waals surface area contributed by atoms with Crippen molar-refractivity contribution < 1.29 is 5.11 Å². The highest BCUT2D eigenvalue weighted by Gasteiger charge is 2.59. The fraction of sp³-hybridized carbons (Fsp3) is 0.862. The van der Waals surface area contributed by atoms with Gasteiger partial charge in [0.15, 0.2) is 0 Å². The molecule has 3 saturated carbocycles. The summed E-state index contributed by atoms with van der Waals surface area (Å²) in [4.78, 5) is 0. The summed E-state index contributed by atoms with van der Waals surface area (Å²) in [6, 6.07) is 2.21. The van der Waals surface area contributed by atoms with Gasteiger partial charge in [-0.15, -0.1) is 0 Å². The van der Waals surface area contributed by atoms with Crippen LogP contribution in [0, 0.1) is 57.7 Å². The van der Waals surface area contributed by atoms with Gasteiger partial charge in [0, 0.05) is 19.3 Å². The number of nitriles is 1. The van der Waals surface area contributed by atoms with Crippen LogP contribution in [-0.2, 0) is 6.54 Å². The van der Waals surface area contributed by atoms with Crippen LogP contribution in [0.25, 0.3) is 0 Å². The van der Waals surface area contributed by atoms with E-state index in [-0.39, 0.29) is 0 Å². The second kappa shape index (κ2) is 10.1. The average molecular weight is 454 g/mol. The van der Waals surface area contributed by atoms with Crippen LogP contribution >= 0.6 is 0 Å². The number of aliphatic hydroxyl groups is 1. The lowest BCUT2D eigenvalue weighted by Crippen LogP contribution is -2.52. The lowest BCUT2D eigenvalue weighted by Gasteiger charge is -2.60. The molecule has 1 N–H and O–H groups in total. The maximum atomic E-state index is 9.67. The Labute approximate surface area is 202 Å². The third kappa shape index (κ3) is 4.52. The first-order chi connectivity index (χ1) is 15.9. The molecule has 0 bridgehead atoms. The maximum Gasteiger partial charge on any atom is 0.102 e. The molecule has 1 aromatic rings. The summed E-state index contributed by atoms with van der Waals surface area (Å²) >= 11 is 0. The van der Waals surface area contributed by atoms with Crippen LogP contribution in [-0.4, -0.2) is 21.5 Å². The van der Waals surface area contributed by atoms with Crippen LogP contribution < -0.4 is 0 Å². The SMILES string of the molecule is CCCC[C@H]1CC[C@@H]2[C@H](CC[C@]3(C)[C@@H]([C@@H](C)Cn4cc(C#N)cn4)CC[C@@H]23)[C@@]1(C)CCCO. The lowest BCUT2D eigenvalue weighted by atomic mass is 9.45. The van der Waals surface area contributed by atoms with Gasteiger partial charge in [0.1, 0.15) is 6.07 Å². The molecule has 3 fully saturated rings. The molecule has 1 heterocycles. The lowest BCUT2D eigenvalue weighted by molar-refractivity contribution is -0.107. The number of rotatable bonds is 9. The summed E-state index contributed by atoms with van der Waals surface area (Å²) in [5, 5.41) is 23.3. The predicted molar refractivity (Wildman–Crippen MR) is 133 cm³/mol. The number of aliphatic hydroxyl groups excluding tert-OH is 1. The van der Waals surface area contributed by atoms with Crippen molar-refractivity contribution in [1.29, 1.82) is 5.26 Å². The molecule has 3 aliphatic carbocycles. The Kier molecular flexibility index (Phi) is 7.59. The smallest absolute Gasteiger partial charge is 0.102 e. The quantitative estimate of drug-likeness (QED) is 0.446. The maximum absolute atomic E-state index is 9.67. The molecule has 184 valence electrons. The molecule has 1 aromatic heterocycles. The van der Waals surface area contributed by atoms with E-state index in [1.54, 1.807) is 6.20 Å². The van der Waals surface area contributed by atoms with Gasteiger partial charge in [-0.2, -0.15) is 10.4 Å². The van der Waals surface area contributed by atoms with Crippen molar-refractivity contribution in [2.45, 2.75) is 105 Å². The first kappa shape index (κ1) is 24.8. The van der Waals surface area contributed by atoms with Crippen molar-refractivity contribution in [1.82, 2.24) is 9.78 Å². The molecule has 0 unspecified atom stereocenters. The standard InChI is InChI=1S/C29H47N3O/c1-5-6-8-23-9-10-24-26-12-11-25(21(2)19-32-20-22(17-30)18-31-32)29(26,4)15-13-27(24)28(23,3)14-7-16-33/h18,20-21,23-27,33H,5-16,19H2,1-4H3/t21-,23-,24-,25+,26-,27-,28-,29+/m0/s1. The molecular formula is C29H47N3O. The Hall–Kier alpha value is -1.34.